The summed E-state index contributed by atoms with van der Waals surface area (Å²) >= 11 is 0. The molecule has 0 aromatic heterocycles. The summed E-state index contributed by atoms with van der Waals surface area (Å²) in [6.45, 7) is 0. The van der Waals surface area contributed by atoms with Crippen molar-refractivity contribution in [3.8, 4) is 5.75 Å². The molecule has 0 aliphatic heterocycles. The number of ketones is 1. The second-order valence-corrected chi connectivity index (χ2v) is 4.02. The van der Waals surface area contributed by atoms with Gasteiger partial charge in [-0.2, -0.15) is 0 Å². The van der Waals surface area contributed by atoms with Crippen LogP contribution < -0.4 is 10.5 Å². The number of methoxy groups -OCH3 is 1. The van der Waals surface area contributed by atoms with Crippen LogP contribution in [0.15, 0.2) is 24.3 Å². The Morgan fingerprint density at radius 1 is 1.47 bits per heavy atom. The number of ether oxygens (including phenoxy) is 1. The van der Waals surface area contributed by atoms with Crippen LogP contribution in [0.5, 0.6) is 5.75 Å². The van der Waals surface area contributed by atoms with E-state index in [2.05, 4.69) is 0 Å². The van der Waals surface area contributed by atoms with E-state index < -0.39 is 0 Å². The summed E-state index contributed by atoms with van der Waals surface area (Å²) in [6.07, 6.45) is 1.63. The van der Waals surface area contributed by atoms with Crippen molar-refractivity contribution in [2.24, 2.45) is 11.7 Å². The molecule has 1 fully saturated rings. The van der Waals surface area contributed by atoms with Crippen molar-refractivity contribution in [1.82, 2.24) is 0 Å². The summed E-state index contributed by atoms with van der Waals surface area (Å²) in [5.41, 5.74) is 6.39. The van der Waals surface area contributed by atoms with E-state index in [1.165, 1.54) is 0 Å². The van der Waals surface area contributed by atoms with Gasteiger partial charge in [0.15, 0.2) is 5.78 Å². The van der Waals surface area contributed by atoms with Crippen LogP contribution in [0.25, 0.3) is 0 Å². The van der Waals surface area contributed by atoms with Gasteiger partial charge in [-0.1, -0.05) is 12.1 Å². The maximum absolute atomic E-state index is 11.9. The molecule has 0 radical (unpaired) electrons. The predicted molar refractivity (Wildman–Crippen MR) is 58.0 cm³/mol. The van der Waals surface area contributed by atoms with Crippen molar-refractivity contribution in [2.75, 3.05) is 7.11 Å². The zero-order valence-electron chi connectivity index (χ0n) is 8.77. The molecule has 1 aliphatic carbocycles. The van der Waals surface area contributed by atoms with Crippen molar-refractivity contribution in [2.45, 2.75) is 18.9 Å². The molecule has 2 rings (SSSR count). The van der Waals surface area contributed by atoms with Gasteiger partial charge in [-0.15, -0.1) is 0 Å². The molecule has 3 nitrogen and oxygen atoms in total. The molecule has 1 aromatic rings. The van der Waals surface area contributed by atoms with Gasteiger partial charge in [0.1, 0.15) is 5.75 Å². The fraction of sp³-hybridized carbons (Fsp3) is 0.417. The Bertz CT molecular complexity index is 370. The van der Waals surface area contributed by atoms with Gasteiger partial charge in [0.05, 0.1) is 7.11 Å². The minimum atomic E-state index is 0.118. The Hall–Kier alpha value is -1.35. The number of carbonyl (C=O) groups is 1. The molecule has 0 unspecified atom stereocenters. The van der Waals surface area contributed by atoms with Gasteiger partial charge < -0.3 is 10.5 Å². The molecule has 0 atom stereocenters. The molecule has 0 saturated heterocycles. The Balaban J connectivity index is 2.11. The Morgan fingerprint density at radius 3 is 2.80 bits per heavy atom. The van der Waals surface area contributed by atoms with E-state index >= 15 is 0 Å². The number of rotatable bonds is 3. The first kappa shape index (κ1) is 10.2. The first-order valence-electron chi connectivity index (χ1n) is 5.14. The average Bonchev–Trinajstić information content (AvgIpc) is 2.24. The number of carbonyl (C=O) groups excluding carboxylic acids is 1. The molecule has 0 amide bonds. The van der Waals surface area contributed by atoms with Gasteiger partial charge in [0, 0.05) is 17.5 Å². The highest BCUT2D eigenvalue weighted by molar-refractivity contribution is 5.98. The number of hydrogen-bond donors (Lipinski definition) is 1. The Morgan fingerprint density at radius 2 is 2.20 bits per heavy atom. The van der Waals surface area contributed by atoms with E-state index in [0.717, 1.165) is 24.2 Å². The quantitative estimate of drug-likeness (QED) is 0.763. The minimum Gasteiger partial charge on any atom is -0.497 e. The van der Waals surface area contributed by atoms with Crippen LogP contribution in [0.1, 0.15) is 23.2 Å². The largest absolute Gasteiger partial charge is 0.497 e. The highest BCUT2D eigenvalue weighted by Gasteiger charge is 2.32. The first-order valence-corrected chi connectivity index (χ1v) is 5.14. The Labute approximate surface area is 89.2 Å². The number of hydrogen-bond acceptors (Lipinski definition) is 3. The van der Waals surface area contributed by atoms with Crippen molar-refractivity contribution in [1.29, 1.82) is 0 Å². The lowest BCUT2D eigenvalue weighted by Gasteiger charge is -2.31. The number of benzene rings is 1. The van der Waals surface area contributed by atoms with E-state index in [9.17, 15) is 4.79 Å². The summed E-state index contributed by atoms with van der Waals surface area (Å²) in [5.74, 6) is 1.03. The smallest absolute Gasteiger partial charge is 0.166 e. The molecule has 1 aromatic carbocycles. The molecular formula is C12H15NO2. The van der Waals surface area contributed by atoms with Crippen LogP contribution in [0.2, 0.25) is 0 Å². The molecule has 15 heavy (non-hydrogen) atoms. The second kappa shape index (κ2) is 4.03. The van der Waals surface area contributed by atoms with Gasteiger partial charge >= 0.3 is 0 Å². The fourth-order valence-corrected chi connectivity index (χ4v) is 1.89. The Kier molecular flexibility index (Phi) is 2.73. The lowest BCUT2D eigenvalue weighted by molar-refractivity contribution is 0.0832. The average molecular weight is 205 g/mol. The third kappa shape index (κ3) is 2.02. The van der Waals surface area contributed by atoms with E-state index in [1.807, 2.05) is 18.2 Å². The van der Waals surface area contributed by atoms with Crippen molar-refractivity contribution in [3.05, 3.63) is 29.8 Å². The summed E-state index contributed by atoms with van der Waals surface area (Å²) in [5, 5.41) is 0. The number of Topliss-reactive ketones (excluding diaryl/α,β-unsaturated/α-hetero) is 1. The van der Waals surface area contributed by atoms with E-state index in [-0.39, 0.29) is 17.7 Å². The van der Waals surface area contributed by atoms with E-state index in [4.69, 9.17) is 10.5 Å². The summed E-state index contributed by atoms with van der Waals surface area (Å²) in [4.78, 5) is 11.9. The van der Waals surface area contributed by atoms with E-state index in [1.54, 1.807) is 13.2 Å². The van der Waals surface area contributed by atoms with Crippen LogP contribution in [-0.2, 0) is 0 Å². The highest BCUT2D eigenvalue weighted by Crippen LogP contribution is 2.29. The van der Waals surface area contributed by atoms with Gasteiger partial charge in [-0.05, 0) is 25.0 Å². The van der Waals surface area contributed by atoms with Crippen molar-refractivity contribution < 1.29 is 9.53 Å². The van der Waals surface area contributed by atoms with Gasteiger partial charge in [-0.25, -0.2) is 0 Å². The van der Waals surface area contributed by atoms with Crippen molar-refractivity contribution >= 4 is 5.78 Å². The first-order chi connectivity index (χ1) is 7.20. The second-order valence-electron chi connectivity index (χ2n) is 4.02. The van der Waals surface area contributed by atoms with Crippen molar-refractivity contribution in [3.63, 3.8) is 0 Å². The topological polar surface area (TPSA) is 52.3 Å². The van der Waals surface area contributed by atoms with E-state index in [0.29, 0.717) is 0 Å². The summed E-state index contributed by atoms with van der Waals surface area (Å²) in [6, 6.07) is 7.50. The maximum Gasteiger partial charge on any atom is 0.166 e. The van der Waals surface area contributed by atoms with Crippen LogP contribution >= 0.6 is 0 Å². The lowest BCUT2D eigenvalue weighted by Crippen LogP contribution is -2.40. The lowest BCUT2D eigenvalue weighted by atomic mass is 9.76. The van der Waals surface area contributed by atoms with Gasteiger partial charge in [-0.3, -0.25) is 4.79 Å². The predicted octanol–water partition coefficient (Wildman–Crippen LogP) is 1.62. The monoisotopic (exact) mass is 205 g/mol. The van der Waals surface area contributed by atoms with Crippen LogP contribution in [0, 0.1) is 5.92 Å². The minimum absolute atomic E-state index is 0.118. The molecular weight excluding hydrogens is 190 g/mol. The molecule has 80 valence electrons. The molecule has 1 saturated carbocycles. The van der Waals surface area contributed by atoms with Gasteiger partial charge in [0.2, 0.25) is 0 Å². The summed E-state index contributed by atoms with van der Waals surface area (Å²) < 4.78 is 5.08. The van der Waals surface area contributed by atoms with Crippen LogP contribution in [0.4, 0.5) is 0 Å². The third-order valence-corrected chi connectivity index (χ3v) is 2.90. The fourth-order valence-electron chi connectivity index (χ4n) is 1.89. The summed E-state index contributed by atoms with van der Waals surface area (Å²) in [7, 11) is 1.60. The third-order valence-electron chi connectivity index (χ3n) is 2.90. The molecule has 0 spiro atoms. The zero-order valence-corrected chi connectivity index (χ0v) is 8.77. The standard InChI is InChI=1S/C12H15NO2/c1-15-11-4-2-3-8(7-11)12(14)9-5-10(13)6-9/h2-4,7,9-10H,5-6,13H2,1H3. The highest BCUT2D eigenvalue weighted by atomic mass is 16.5. The molecule has 3 heteroatoms. The number of nitrogens with two attached hydrogens (primary N) is 1. The molecule has 0 bridgehead atoms. The van der Waals surface area contributed by atoms with Crippen LogP contribution in [-0.4, -0.2) is 18.9 Å². The molecule has 2 N–H and O–H groups in total. The maximum atomic E-state index is 11.9. The normalized spacial score (nSPS) is 24.4. The van der Waals surface area contributed by atoms with Crippen LogP contribution in [0.3, 0.4) is 0 Å². The molecule has 0 heterocycles. The van der Waals surface area contributed by atoms with Gasteiger partial charge in [0.25, 0.3) is 0 Å². The molecule has 1 aliphatic rings. The zero-order chi connectivity index (χ0) is 10.8. The SMILES string of the molecule is COc1cccc(C(=O)C2CC(N)C2)c1.